The molecule has 1 aromatic rings. The fourth-order valence-corrected chi connectivity index (χ4v) is 5.68. The number of anilines is 1. The summed E-state index contributed by atoms with van der Waals surface area (Å²) in [5.74, 6) is -0.110. The maximum atomic E-state index is 13.7. The van der Waals surface area contributed by atoms with Crippen LogP contribution in [0.4, 0.5) is 5.69 Å². The second kappa shape index (κ2) is 5.89. The predicted octanol–water partition coefficient (Wildman–Crippen LogP) is 2.88. The first-order valence-electron chi connectivity index (χ1n) is 9.92. The van der Waals surface area contributed by atoms with E-state index in [2.05, 4.69) is 11.0 Å². The summed E-state index contributed by atoms with van der Waals surface area (Å²) in [6, 6.07) is 7.45. The Morgan fingerprint density at radius 1 is 1.25 bits per heavy atom. The minimum atomic E-state index is -1.15. The molecule has 2 heterocycles. The van der Waals surface area contributed by atoms with Crippen LogP contribution in [0.1, 0.15) is 37.8 Å². The molecule has 2 aliphatic heterocycles. The molecule has 5 heteroatoms. The Balaban J connectivity index is 1.72. The van der Waals surface area contributed by atoms with E-state index in [9.17, 15) is 14.9 Å². The van der Waals surface area contributed by atoms with Crippen LogP contribution in [-0.2, 0) is 20.7 Å². The Morgan fingerprint density at radius 2 is 2.07 bits per heavy atom. The molecule has 28 heavy (non-hydrogen) atoms. The lowest BCUT2D eigenvalue weighted by molar-refractivity contribution is -0.143. The Hall–Kier alpha value is -2.71. The second-order valence-corrected chi connectivity index (χ2v) is 8.34. The maximum absolute atomic E-state index is 13.7. The number of carbonyl (C=O) groups is 2. The number of nitriles is 1. The largest absolute Gasteiger partial charge is 0.372 e. The summed E-state index contributed by atoms with van der Waals surface area (Å²) in [6.07, 6.45) is 5.32. The van der Waals surface area contributed by atoms with Gasteiger partial charge >= 0.3 is 0 Å². The fraction of sp³-hybridized carbons (Fsp3) is 0.435. The van der Waals surface area contributed by atoms with Crippen LogP contribution >= 0.6 is 0 Å². The van der Waals surface area contributed by atoms with Crippen LogP contribution in [0.15, 0.2) is 41.5 Å². The molecule has 5 rings (SSSR count). The van der Waals surface area contributed by atoms with E-state index in [1.54, 1.807) is 0 Å². The smallest absolute Gasteiger partial charge is 0.179 e. The van der Waals surface area contributed by atoms with E-state index in [-0.39, 0.29) is 29.8 Å². The van der Waals surface area contributed by atoms with E-state index >= 15 is 0 Å². The lowest BCUT2D eigenvalue weighted by atomic mass is 9.65. The summed E-state index contributed by atoms with van der Waals surface area (Å²) in [6.45, 7) is 4.61. The van der Waals surface area contributed by atoms with Gasteiger partial charge in [0.2, 0.25) is 0 Å². The number of fused-ring (bicyclic) bond motifs is 4. The number of hydrogen-bond donors (Lipinski definition) is 0. The van der Waals surface area contributed by atoms with Crippen molar-refractivity contribution in [1.82, 2.24) is 0 Å². The van der Waals surface area contributed by atoms with E-state index < -0.39 is 5.41 Å². The molecule has 0 amide bonds. The number of hydrogen-bond acceptors (Lipinski definition) is 5. The zero-order valence-electron chi connectivity index (χ0n) is 16.1. The van der Waals surface area contributed by atoms with Gasteiger partial charge in [-0.1, -0.05) is 12.2 Å². The number of benzene rings is 1. The van der Waals surface area contributed by atoms with Crippen LogP contribution < -0.4 is 4.90 Å². The molecule has 1 aromatic carbocycles. The molecule has 1 fully saturated rings. The Morgan fingerprint density at radius 3 is 2.82 bits per heavy atom. The predicted molar refractivity (Wildman–Crippen MR) is 104 cm³/mol. The zero-order valence-corrected chi connectivity index (χ0v) is 16.1. The van der Waals surface area contributed by atoms with E-state index in [1.165, 1.54) is 0 Å². The summed E-state index contributed by atoms with van der Waals surface area (Å²) in [5, 5.41) is 9.35. The van der Waals surface area contributed by atoms with Gasteiger partial charge in [0.1, 0.15) is 5.41 Å². The van der Waals surface area contributed by atoms with E-state index in [1.807, 2.05) is 44.2 Å². The standard InChI is InChI=1S/C23H22N2O3/c1-13-12-25-19-8-7-15(11-24)9-16(19)10-23(20(25)14(2)28-13)21(26)17-5-3-4-6-18(17)22(23)27/h3,5,7-9,13-14,20H,4,6,10,12H2,1-2H3. The molecule has 1 saturated heterocycles. The van der Waals surface area contributed by atoms with Gasteiger partial charge in [-0.25, -0.2) is 0 Å². The molecular formula is C23H22N2O3. The topological polar surface area (TPSA) is 70.4 Å². The minimum absolute atomic E-state index is 0.000945. The average molecular weight is 374 g/mol. The van der Waals surface area contributed by atoms with Crippen LogP contribution in [0.25, 0.3) is 0 Å². The summed E-state index contributed by atoms with van der Waals surface area (Å²) in [4.78, 5) is 29.6. The highest BCUT2D eigenvalue weighted by molar-refractivity contribution is 6.30. The second-order valence-electron chi connectivity index (χ2n) is 8.34. The van der Waals surface area contributed by atoms with Crippen molar-refractivity contribution in [3.63, 3.8) is 0 Å². The van der Waals surface area contributed by atoms with Gasteiger partial charge < -0.3 is 9.64 Å². The summed E-state index contributed by atoms with van der Waals surface area (Å²) < 4.78 is 6.12. The third-order valence-corrected chi connectivity index (χ3v) is 6.67. The van der Waals surface area contributed by atoms with Crippen molar-refractivity contribution in [1.29, 1.82) is 5.26 Å². The third-order valence-electron chi connectivity index (χ3n) is 6.67. The number of nitrogens with zero attached hydrogens (tertiary/aromatic N) is 2. The number of morpholine rings is 1. The van der Waals surface area contributed by atoms with Gasteiger partial charge in [-0.05, 0) is 56.9 Å². The van der Waals surface area contributed by atoms with Gasteiger partial charge in [0.05, 0.1) is 29.9 Å². The Kier molecular flexibility index (Phi) is 3.66. The first kappa shape index (κ1) is 17.4. The first-order valence-corrected chi connectivity index (χ1v) is 9.92. The zero-order chi connectivity index (χ0) is 19.6. The number of ketones is 2. The van der Waals surface area contributed by atoms with E-state index in [0.717, 1.165) is 17.7 Å². The monoisotopic (exact) mass is 374 g/mol. The van der Waals surface area contributed by atoms with Crippen molar-refractivity contribution in [2.24, 2.45) is 5.41 Å². The SMILES string of the molecule is CC1CN2c3ccc(C#N)cc3CC3(C(=O)C4=C(CCC=C4)C3=O)C2C(C)O1. The number of rotatable bonds is 0. The normalized spacial score (nSPS) is 33.6. The van der Waals surface area contributed by atoms with Crippen LogP contribution in [0.2, 0.25) is 0 Å². The van der Waals surface area contributed by atoms with Crippen LogP contribution in [0.5, 0.6) is 0 Å². The lowest BCUT2D eigenvalue weighted by Gasteiger charge is -2.54. The molecule has 0 saturated carbocycles. The van der Waals surface area contributed by atoms with Gasteiger partial charge in [0.25, 0.3) is 0 Å². The summed E-state index contributed by atoms with van der Waals surface area (Å²) >= 11 is 0. The van der Waals surface area contributed by atoms with E-state index in [0.29, 0.717) is 36.1 Å². The molecule has 0 bridgehead atoms. The Bertz CT molecular complexity index is 1020. The van der Waals surface area contributed by atoms with Gasteiger partial charge in [0, 0.05) is 23.4 Å². The third kappa shape index (κ3) is 2.10. The van der Waals surface area contributed by atoms with Crippen molar-refractivity contribution in [3.8, 4) is 6.07 Å². The first-order chi connectivity index (χ1) is 13.5. The fourth-order valence-electron chi connectivity index (χ4n) is 5.68. The van der Waals surface area contributed by atoms with Crippen molar-refractivity contribution >= 4 is 17.3 Å². The minimum Gasteiger partial charge on any atom is -0.372 e. The van der Waals surface area contributed by atoms with Crippen molar-refractivity contribution in [2.75, 3.05) is 11.4 Å². The highest BCUT2D eigenvalue weighted by atomic mass is 16.5. The van der Waals surface area contributed by atoms with Crippen LogP contribution in [0, 0.1) is 16.7 Å². The highest BCUT2D eigenvalue weighted by Crippen LogP contribution is 2.52. The number of Topliss-reactive ketones (excluding diaryl/α,β-unsaturated/α-hetero) is 2. The molecular weight excluding hydrogens is 352 g/mol. The molecule has 142 valence electrons. The number of carbonyl (C=O) groups excluding carboxylic acids is 2. The van der Waals surface area contributed by atoms with Crippen molar-refractivity contribution < 1.29 is 14.3 Å². The molecule has 4 atom stereocenters. The molecule has 0 N–H and O–H groups in total. The molecule has 0 aromatic heterocycles. The molecule has 0 radical (unpaired) electrons. The molecule has 1 spiro atoms. The maximum Gasteiger partial charge on any atom is 0.179 e. The van der Waals surface area contributed by atoms with Crippen molar-refractivity contribution in [2.45, 2.75) is 51.4 Å². The highest BCUT2D eigenvalue weighted by Gasteiger charge is 2.64. The van der Waals surface area contributed by atoms with Crippen LogP contribution in [0.3, 0.4) is 0 Å². The quantitative estimate of drug-likeness (QED) is 0.653. The lowest BCUT2D eigenvalue weighted by Crippen LogP contribution is -2.67. The van der Waals surface area contributed by atoms with Gasteiger partial charge in [-0.3, -0.25) is 9.59 Å². The molecule has 4 unspecified atom stereocenters. The summed E-state index contributed by atoms with van der Waals surface area (Å²) in [7, 11) is 0. The molecule has 4 aliphatic rings. The molecule has 5 nitrogen and oxygen atoms in total. The number of allylic oxidation sites excluding steroid dienone is 4. The van der Waals surface area contributed by atoms with E-state index in [4.69, 9.17) is 4.74 Å². The summed E-state index contributed by atoms with van der Waals surface area (Å²) in [5.41, 5.74) is 2.58. The Labute approximate surface area is 164 Å². The average Bonchev–Trinajstić information content (AvgIpc) is 2.90. The van der Waals surface area contributed by atoms with Gasteiger partial charge in [0.15, 0.2) is 11.6 Å². The molecule has 2 aliphatic carbocycles. The van der Waals surface area contributed by atoms with Gasteiger partial charge in [-0.2, -0.15) is 5.26 Å². The van der Waals surface area contributed by atoms with Crippen molar-refractivity contribution in [3.05, 3.63) is 52.6 Å². The van der Waals surface area contributed by atoms with Crippen LogP contribution in [-0.4, -0.2) is 36.4 Å². The van der Waals surface area contributed by atoms with Gasteiger partial charge in [-0.15, -0.1) is 0 Å². The number of ether oxygens (including phenoxy) is 1.